The summed E-state index contributed by atoms with van der Waals surface area (Å²) in [6, 6.07) is 9.51. The van der Waals surface area contributed by atoms with Crippen molar-refractivity contribution in [3.05, 3.63) is 126 Å². The summed E-state index contributed by atoms with van der Waals surface area (Å²) in [4.78, 5) is 62.1. The monoisotopic (exact) mass is 704 g/mol. The molecule has 0 bridgehead atoms. The van der Waals surface area contributed by atoms with Crippen LogP contribution in [0.4, 0.5) is 26.3 Å². The van der Waals surface area contributed by atoms with Gasteiger partial charge >= 0.3 is 12.4 Å². The third-order valence-electron chi connectivity index (χ3n) is 8.18. The number of aromatic nitrogens is 4. The number of alkyl halides is 6. The van der Waals surface area contributed by atoms with Gasteiger partial charge < -0.3 is 9.97 Å². The van der Waals surface area contributed by atoms with Gasteiger partial charge in [0.05, 0.1) is 17.5 Å². The molecule has 4 aromatic rings. The van der Waals surface area contributed by atoms with Crippen molar-refractivity contribution >= 4 is 11.6 Å². The zero-order valence-electron chi connectivity index (χ0n) is 28.2. The molecule has 2 N–H and O–H groups in total. The molecule has 0 aliphatic carbocycles. The zero-order chi connectivity index (χ0) is 37.4. The molecule has 0 aliphatic heterocycles. The van der Waals surface area contributed by atoms with E-state index in [9.17, 15) is 45.5 Å². The maximum absolute atomic E-state index is 12.7. The lowest BCUT2D eigenvalue weighted by atomic mass is 9.93. The quantitative estimate of drug-likeness (QED) is 0.120. The van der Waals surface area contributed by atoms with E-state index in [1.807, 2.05) is 6.92 Å². The number of nitrogens with one attached hydrogen (secondary N) is 2. The van der Waals surface area contributed by atoms with E-state index in [0.29, 0.717) is 47.3 Å². The molecule has 0 amide bonds. The average molecular weight is 705 g/mol. The van der Waals surface area contributed by atoms with E-state index < -0.39 is 23.5 Å². The van der Waals surface area contributed by atoms with Crippen LogP contribution in [0.5, 0.6) is 0 Å². The van der Waals surface area contributed by atoms with Crippen molar-refractivity contribution in [1.29, 1.82) is 0 Å². The summed E-state index contributed by atoms with van der Waals surface area (Å²) in [5, 5.41) is 0. The normalized spacial score (nSPS) is 12.9. The molecule has 0 spiro atoms. The molecule has 0 saturated heterocycles. The Morgan fingerprint density at radius 1 is 0.660 bits per heavy atom. The number of hydrogen-bond donors (Lipinski definition) is 2. The summed E-state index contributed by atoms with van der Waals surface area (Å²) in [5.41, 5.74) is 0.0825. The van der Waals surface area contributed by atoms with E-state index in [-0.39, 0.29) is 58.8 Å². The van der Waals surface area contributed by atoms with Crippen molar-refractivity contribution in [2.75, 3.05) is 0 Å². The van der Waals surface area contributed by atoms with Gasteiger partial charge in [-0.1, -0.05) is 58.9 Å². The summed E-state index contributed by atoms with van der Waals surface area (Å²) in [5.74, 6) is -0.718. The van der Waals surface area contributed by atoms with Crippen LogP contribution in [0.2, 0.25) is 0 Å². The molecule has 2 aromatic carbocycles. The highest BCUT2D eigenvalue weighted by atomic mass is 19.4. The molecule has 0 radical (unpaired) electrons. The van der Waals surface area contributed by atoms with Gasteiger partial charge in [-0.3, -0.25) is 19.2 Å². The van der Waals surface area contributed by atoms with Gasteiger partial charge in [-0.15, -0.1) is 0 Å². The van der Waals surface area contributed by atoms with Gasteiger partial charge in [0, 0.05) is 30.4 Å². The fourth-order valence-corrected chi connectivity index (χ4v) is 5.25. The predicted octanol–water partition coefficient (Wildman–Crippen LogP) is 8.02. The van der Waals surface area contributed by atoms with Crippen LogP contribution in [0.15, 0.2) is 64.4 Å². The number of aromatic amines is 2. The first-order valence-corrected chi connectivity index (χ1v) is 16.0. The smallest absolute Gasteiger partial charge is 0.313 e. The number of halogens is 6. The van der Waals surface area contributed by atoms with E-state index in [1.54, 1.807) is 27.7 Å². The molecule has 2 aromatic heterocycles. The minimum atomic E-state index is -4.39. The number of aryl methyl sites for hydroxylation is 1. The first-order valence-electron chi connectivity index (χ1n) is 16.0. The van der Waals surface area contributed by atoms with Crippen LogP contribution in [0.3, 0.4) is 0 Å². The molecule has 0 aliphatic rings. The molecule has 0 unspecified atom stereocenters. The van der Waals surface area contributed by atoms with Gasteiger partial charge in [-0.05, 0) is 60.1 Å². The number of carbonyl (C=O) groups excluding carboxylic acids is 2. The molecule has 0 saturated carbocycles. The number of nitrogens with zero attached hydrogens (tertiary/aromatic N) is 2. The Morgan fingerprint density at radius 2 is 1.08 bits per heavy atom. The van der Waals surface area contributed by atoms with Crippen molar-refractivity contribution in [1.82, 2.24) is 19.9 Å². The van der Waals surface area contributed by atoms with Gasteiger partial charge in [0.1, 0.15) is 17.2 Å². The number of rotatable bonds is 11. The Kier molecular flexibility index (Phi) is 13.2. The number of ketones is 2. The summed E-state index contributed by atoms with van der Waals surface area (Å²) >= 11 is 0. The topological polar surface area (TPSA) is 126 Å². The van der Waals surface area contributed by atoms with Crippen LogP contribution >= 0.6 is 0 Å². The summed E-state index contributed by atoms with van der Waals surface area (Å²) in [7, 11) is 0. The molecule has 14 heteroatoms. The SMILES string of the molecule is CCc1c(C(=O)C[C@H](C)c2ccc(C(F)(F)F)cc2)nc[nH]c1=O.CCc1nc(C(=O)C[C@H](C)c2ccc(C(F)(F)F)cc2)c(CC)c(=O)[nH]1. The third kappa shape index (κ3) is 10.1. The second-order valence-electron chi connectivity index (χ2n) is 11.8. The van der Waals surface area contributed by atoms with E-state index in [2.05, 4.69) is 19.9 Å². The number of carbonyl (C=O) groups is 2. The first kappa shape index (κ1) is 39.6. The van der Waals surface area contributed by atoms with Crippen molar-refractivity contribution in [2.24, 2.45) is 0 Å². The highest BCUT2D eigenvalue weighted by molar-refractivity contribution is 5.96. The standard InChI is InChI=1S/C19H21F3N2O2.C17H17F3N2O2/c1-4-14-17(23-16(5-2)24-18(14)26)15(25)10-11(3)12-6-8-13(9-7-12)19(20,21)22;1-3-13-15(21-9-22-16(13)24)14(23)8-10(2)11-4-6-12(7-5-11)17(18,19)20/h6-9,11H,4-5,10H2,1-3H3,(H,23,24,26);4-7,9-10H,3,8H2,1-2H3,(H,21,22,24)/t11-;10-/m00/s1. The molecule has 8 nitrogen and oxygen atoms in total. The Morgan fingerprint density at radius 3 is 1.48 bits per heavy atom. The second kappa shape index (κ2) is 16.7. The number of hydrogen-bond acceptors (Lipinski definition) is 6. The number of benzene rings is 2. The molecule has 4 rings (SSSR count). The van der Waals surface area contributed by atoms with Gasteiger partial charge in [0.25, 0.3) is 11.1 Å². The van der Waals surface area contributed by atoms with Gasteiger partial charge in [0.2, 0.25) is 0 Å². The Balaban J connectivity index is 0.000000271. The zero-order valence-corrected chi connectivity index (χ0v) is 28.2. The Hall–Kier alpha value is -4.88. The van der Waals surface area contributed by atoms with Crippen molar-refractivity contribution in [3.63, 3.8) is 0 Å². The van der Waals surface area contributed by atoms with Gasteiger partial charge in [-0.2, -0.15) is 26.3 Å². The maximum atomic E-state index is 12.7. The Bertz CT molecular complexity index is 1900. The second-order valence-corrected chi connectivity index (χ2v) is 11.8. The molecule has 2 heterocycles. The Labute approximate surface area is 284 Å². The first-order chi connectivity index (χ1) is 23.4. The van der Waals surface area contributed by atoms with Crippen molar-refractivity contribution in [2.45, 2.75) is 90.9 Å². The third-order valence-corrected chi connectivity index (χ3v) is 8.18. The van der Waals surface area contributed by atoms with Crippen LogP contribution < -0.4 is 11.1 Å². The van der Waals surface area contributed by atoms with E-state index >= 15 is 0 Å². The van der Waals surface area contributed by atoms with Crippen LogP contribution in [-0.2, 0) is 31.6 Å². The lowest BCUT2D eigenvalue weighted by Crippen LogP contribution is -2.23. The highest BCUT2D eigenvalue weighted by Crippen LogP contribution is 2.32. The van der Waals surface area contributed by atoms with Crippen LogP contribution in [0.1, 0.15) is 119 Å². The molecular weight excluding hydrogens is 666 g/mol. The number of H-pyrrole nitrogens is 2. The van der Waals surface area contributed by atoms with Crippen LogP contribution in [0, 0.1) is 0 Å². The van der Waals surface area contributed by atoms with E-state index in [4.69, 9.17) is 0 Å². The fraction of sp³-hybridized carbons (Fsp3) is 0.389. The van der Waals surface area contributed by atoms with Crippen LogP contribution in [0.25, 0.3) is 0 Å². The molecule has 0 fully saturated rings. The van der Waals surface area contributed by atoms with Gasteiger partial charge in [-0.25, -0.2) is 9.97 Å². The van der Waals surface area contributed by atoms with Gasteiger partial charge in [0.15, 0.2) is 11.6 Å². The number of Topliss-reactive ketones (excluding diaryl/α,β-unsaturated/α-hetero) is 2. The highest BCUT2D eigenvalue weighted by Gasteiger charge is 2.31. The van der Waals surface area contributed by atoms with E-state index in [1.165, 1.54) is 30.6 Å². The maximum Gasteiger partial charge on any atom is 0.416 e. The minimum absolute atomic E-state index is 0.0643. The predicted molar refractivity (Wildman–Crippen MR) is 175 cm³/mol. The van der Waals surface area contributed by atoms with E-state index in [0.717, 1.165) is 24.3 Å². The van der Waals surface area contributed by atoms with Crippen molar-refractivity contribution in [3.8, 4) is 0 Å². The molecular formula is C36H38F6N4O4. The summed E-state index contributed by atoms with van der Waals surface area (Å²) < 4.78 is 75.7. The van der Waals surface area contributed by atoms with Crippen molar-refractivity contribution < 1.29 is 35.9 Å². The fourth-order valence-electron chi connectivity index (χ4n) is 5.25. The largest absolute Gasteiger partial charge is 0.416 e. The summed E-state index contributed by atoms with van der Waals surface area (Å²) in [6.07, 6.45) is -6.22. The molecule has 2 atom stereocenters. The lowest BCUT2D eigenvalue weighted by molar-refractivity contribution is -0.138. The lowest BCUT2D eigenvalue weighted by Gasteiger charge is -2.14. The van der Waals surface area contributed by atoms with Crippen LogP contribution in [-0.4, -0.2) is 31.5 Å². The molecule has 268 valence electrons. The minimum Gasteiger partial charge on any atom is -0.313 e. The molecule has 50 heavy (non-hydrogen) atoms. The summed E-state index contributed by atoms with van der Waals surface area (Å²) in [6.45, 7) is 8.86. The average Bonchev–Trinajstić information content (AvgIpc) is 3.07.